The average Bonchev–Trinajstić information content (AvgIpc) is 3.22. The van der Waals surface area contributed by atoms with Crippen molar-refractivity contribution in [3.63, 3.8) is 0 Å². The quantitative estimate of drug-likeness (QED) is 0.385. The molecule has 1 aliphatic carbocycles. The van der Waals surface area contributed by atoms with Crippen LogP contribution in [0.3, 0.4) is 0 Å². The van der Waals surface area contributed by atoms with Gasteiger partial charge in [-0.25, -0.2) is 0 Å². The molecule has 1 heterocycles. The van der Waals surface area contributed by atoms with Gasteiger partial charge in [0.15, 0.2) is 5.96 Å². The zero-order chi connectivity index (χ0) is 17.6. The van der Waals surface area contributed by atoms with Crippen molar-refractivity contribution in [1.29, 1.82) is 0 Å². The molecule has 0 bridgehead atoms. The molecular weight excluding hydrogens is 300 g/mol. The largest absolute Gasteiger partial charge is 0.382 e. The highest BCUT2D eigenvalue weighted by molar-refractivity contribution is 5.80. The minimum Gasteiger partial charge on any atom is -0.382 e. The molecule has 2 atom stereocenters. The standard InChI is InChI=1S/C19H38N4O/c1-6-20-18(21-14-19(8-9-19)10-11-24-7-2)22-17-13-23(15(3)4)12-16(17)5/h15-17H,6-14H2,1-5H3,(H2,20,21,22). The summed E-state index contributed by atoms with van der Waals surface area (Å²) in [5, 5.41) is 7.12. The molecule has 0 spiro atoms. The second-order valence-corrected chi connectivity index (χ2v) is 7.92. The minimum atomic E-state index is 0.406. The van der Waals surface area contributed by atoms with Crippen molar-refractivity contribution in [2.75, 3.05) is 39.4 Å². The van der Waals surface area contributed by atoms with Crippen LogP contribution in [0.15, 0.2) is 4.99 Å². The van der Waals surface area contributed by atoms with E-state index in [1.807, 2.05) is 0 Å². The van der Waals surface area contributed by atoms with Crippen LogP contribution in [0.25, 0.3) is 0 Å². The molecule has 2 aliphatic rings. The van der Waals surface area contributed by atoms with E-state index in [1.165, 1.54) is 19.4 Å². The Labute approximate surface area is 148 Å². The summed E-state index contributed by atoms with van der Waals surface area (Å²) in [6.45, 7) is 16.9. The Bertz CT molecular complexity index is 406. The number of hydrogen-bond donors (Lipinski definition) is 2. The SMILES string of the molecule is CCNC(=NCC1(CCOCC)CC1)NC1CN(C(C)C)CC1C. The highest BCUT2D eigenvalue weighted by Gasteiger charge is 2.42. The van der Waals surface area contributed by atoms with Crippen molar-refractivity contribution in [2.45, 2.75) is 66.0 Å². The third-order valence-electron chi connectivity index (χ3n) is 5.55. The van der Waals surface area contributed by atoms with E-state index < -0.39 is 0 Å². The van der Waals surface area contributed by atoms with Crippen molar-refractivity contribution in [1.82, 2.24) is 15.5 Å². The van der Waals surface area contributed by atoms with Crippen molar-refractivity contribution < 1.29 is 4.74 Å². The van der Waals surface area contributed by atoms with Crippen molar-refractivity contribution in [3.8, 4) is 0 Å². The van der Waals surface area contributed by atoms with Gasteiger partial charge < -0.3 is 15.4 Å². The number of rotatable bonds is 9. The Balaban J connectivity index is 1.87. The molecule has 2 N–H and O–H groups in total. The summed E-state index contributed by atoms with van der Waals surface area (Å²) >= 11 is 0. The van der Waals surface area contributed by atoms with Crippen LogP contribution in [0.1, 0.15) is 53.9 Å². The Morgan fingerprint density at radius 1 is 1.29 bits per heavy atom. The normalized spacial score (nSPS) is 26.8. The van der Waals surface area contributed by atoms with E-state index in [-0.39, 0.29) is 0 Å². The van der Waals surface area contributed by atoms with Crippen LogP contribution >= 0.6 is 0 Å². The van der Waals surface area contributed by atoms with Gasteiger partial charge in [-0.1, -0.05) is 6.92 Å². The van der Waals surface area contributed by atoms with Gasteiger partial charge in [-0.15, -0.1) is 0 Å². The van der Waals surface area contributed by atoms with Gasteiger partial charge in [0.1, 0.15) is 0 Å². The smallest absolute Gasteiger partial charge is 0.191 e. The summed E-state index contributed by atoms with van der Waals surface area (Å²) < 4.78 is 5.53. The van der Waals surface area contributed by atoms with Gasteiger partial charge in [0.2, 0.25) is 0 Å². The summed E-state index contributed by atoms with van der Waals surface area (Å²) in [5.74, 6) is 1.65. The van der Waals surface area contributed by atoms with Crippen LogP contribution in [0.2, 0.25) is 0 Å². The lowest BCUT2D eigenvalue weighted by Crippen LogP contribution is -2.47. The van der Waals surface area contributed by atoms with Crippen molar-refractivity contribution >= 4 is 5.96 Å². The molecule has 0 radical (unpaired) electrons. The van der Waals surface area contributed by atoms with Gasteiger partial charge in [0.25, 0.3) is 0 Å². The van der Waals surface area contributed by atoms with Crippen LogP contribution < -0.4 is 10.6 Å². The first-order valence-electron chi connectivity index (χ1n) is 9.86. The third kappa shape index (κ3) is 5.62. The molecule has 1 saturated heterocycles. The highest BCUT2D eigenvalue weighted by atomic mass is 16.5. The number of likely N-dealkylation sites (tertiary alicyclic amines) is 1. The molecule has 24 heavy (non-hydrogen) atoms. The number of hydrogen-bond acceptors (Lipinski definition) is 3. The second-order valence-electron chi connectivity index (χ2n) is 7.92. The van der Waals surface area contributed by atoms with Gasteiger partial charge in [-0.2, -0.15) is 0 Å². The van der Waals surface area contributed by atoms with E-state index >= 15 is 0 Å². The summed E-state index contributed by atoms with van der Waals surface area (Å²) in [5.41, 5.74) is 0.406. The monoisotopic (exact) mass is 338 g/mol. The fourth-order valence-electron chi connectivity index (χ4n) is 3.45. The van der Waals surface area contributed by atoms with Crippen LogP contribution in [-0.4, -0.2) is 62.3 Å². The van der Waals surface area contributed by atoms with Gasteiger partial charge in [0.05, 0.1) is 0 Å². The molecule has 5 nitrogen and oxygen atoms in total. The molecule has 0 amide bonds. The summed E-state index contributed by atoms with van der Waals surface area (Å²) in [7, 11) is 0. The van der Waals surface area contributed by atoms with Gasteiger partial charge in [0, 0.05) is 51.5 Å². The minimum absolute atomic E-state index is 0.406. The molecule has 2 rings (SSSR count). The maximum Gasteiger partial charge on any atom is 0.191 e. The third-order valence-corrected chi connectivity index (χ3v) is 5.55. The van der Waals surface area contributed by atoms with Crippen molar-refractivity contribution in [3.05, 3.63) is 0 Å². The topological polar surface area (TPSA) is 48.9 Å². The number of guanidine groups is 1. The number of ether oxygens (including phenoxy) is 1. The van der Waals surface area contributed by atoms with E-state index in [0.717, 1.165) is 45.2 Å². The number of nitrogens with zero attached hydrogens (tertiary/aromatic N) is 2. The molecule has 5 heteroatoms. The predicted molar refractivity (Wildman–Crippen MR) is 102 cm³/mol. The Kier molecular flexibility index (Phi) is 7.35. The first-order valence-corrected chi connectivity index (χ1v) is 9.86. The fraction of sp³-hybridized carbons (Fsp3) is 0.947. The van der Waals surface area contributed by atoms with E-state index in [9.17, 15) is 0 Å². The van der Waals surface area contributed by atoms with Crippen LogP contribution in [0, 0.1) is 11.3 Å². The molecule has 1 saturated carbocycles. The van der Waals surface area contributed by atoms with E-state index in [1.54, 1.807) is 0 Å². The maximum absolute atomic E-state index is 5.53. The Hall–Kier alpha value is -0.810. The summed E-state index contributed by atoms with van der Waals surface area (Å²) in [4.78, 5) is 7.47. The maximum atomic E-state index is 5.53. The molecular formula is C19H38N4O. The zero-order valence-corrected chi connectivity index (χ0v) is 16.4. The van der Waals surface area contributed by atoms with E-state index in [2.05, 4.69) is 50.2 Å². The Morgan fingerprint density at radius 2 is 2.04 bits per heavy atom. The first-order chi connectivity index (χ1) is 11.5. The lowest BCUT2D eigenvalue weighted by atomic mass is 10.0. The van der Waals surface area contributed by atoms with Crippen LogP contribution in [0.5, 0.6) is 0 Å². The van der Waals surface area contributed by atoms with Gasteiger partial charge >= 0.3 is 0 Å². The Morgan fingerprint density at radius 3 is 2.58 bits per heavy atom. The highest BCUT2D eigenvalue weighted by Crippen LogP contribution is 2.49. The van der Waals surface area contributed by atoms with Gasteiger partial charge in [-0.05, 0) is 58.3 Å². The molecule has 2 unspecified atom stereocenters. The lowest BCUT2D eigenvalue weighted by molar-refractivity contribution is 0.129. The molecule has 0 aromatic carbocycles. The predicted octanol–water partition coefficient (Wildman–Crippen LogP) is 2.48. The first kappa shape index (κ1) is 19.5. The van der Waals surface area contributed by atoms with Crippen molar-refractivity contribution in [2.24, 2.45) is 16.3 Å². The summed E-state index contributed by atoms with van der Waals surface area (Å²) in [6, 6.07) is 1.11. The molecule has 1 aliphatic heterocycles. The zero-order valence-electron chi connectivity index (χ0n) is 16.4. The van der Waals surface area contributed by atoms with E-state index in [0.29, 0.717) is 23.4 Å². The van der Waals surface area contributed by atoms with E-state index in [4.69, 9.17) is 9.73 Å². The average molecular weight is 339 g/mol. The summed E-state index contributed by atoms with van der Waals surface area (Å²) in [6.07, 6.45) is 3.73. The van der Waals surface area contributed by atoms with Gasteiger partial charge in [-0.3, -0.25) is 9.89 Å². The fourth-order valence-corrected chi connectivity index (χ4v) is 3.45. The second kappa shape index (κ2) is 9.04. The lowest BCUT2D eigenvalue weighted by Gasteiger charge is -2.22. The molecule has 0 aromatic heterocycles. The number of aliphatic imine (C=N–C) groups is 1. The molecule has 140 valence electrons. The number of nitrogens with one attached hydrogen (secondary N) is 2. The van der Waals surface area contributed by atoms with Crippen LogP contribution in [-0.2, 0) is 4.74 Å². The molecule has 2 fully saturated rings. The molecule has 0 aromatic rings. The van der Waals surface area contributed by atoms with Crippen LogP contribution in [0.4, 0.5) is 0 Å².